The van der Waals surface area contributed by atoms with Gasteiger partial charge in [-0.05, 0) is 33.7 Å². The van der Waals surface area contributed by atoms with E-state index in [9.17, 15) is 0 Å². The number of aromatic nitrogens is 3. The molecule has 1 N–H and O–H groups in total. The van der Waals surface area contributed by atoms with Crippen LogP contribution < -0.4 is 10.1 Å². The van der Waals surface area contributed by atoms with Gasteiger partial charge in [-0.3, -0.25) is 4.68 Å². The number of hydrogen-bond donors (Lipinski definition) is 1. The SMILES string of the molecule is CCCNC(c1sc(C)nc1C)c1c(OC)cnn1CC. The van der Waals surface area contributed by atoms with Gasteiger partial charge < -0.3 is 10.1 Å². The van der Waals surface area contributed by atoms with Gasteiger partial charge in [0.15, 0.2) is 5.75 Å². The summed E-state index contributed by atoms with van der Waals surface area (Å²) in [5, 5.41) is 9.14. The third-order valence-corrected chi connectivity index (χ3v) is 4.58. The van der Waals surface area contributed by atoms with Gasteiger partial charge in [-0.15, -0.1) is 11.3 Å². The van der Waals surface area contributed by atoms with E-state index < -0.39 is 0 Å². The molecule has 0 spiro atoms. The summed E-state index contributed by atoms with van der Waals surface area (Å²) in [5.74, 6) is 0.830. The summed E-state index contributed by atoms with van der Waals surface area (Å²) >= 11 is 1.74. The van der Waals surface area contributed by atoms with Crippen molar-refractivity contribution in [2.75, 3.05) is 13.7 Å². The minimum Gasteiger partial charge on any atom is -0.493 e. The van der Waals surface area contributed by atoms with Crippen molar-refractivity contribution in [3.63, 3.8) is 0 Å². The monoisotopic (exact) mass is 308 g/mol. The fourth-order valence-corrected chi connectivity index (χ4v) is 3.50. The van der Waals surface area contributed by atoms with Crippen molar-refractivity contribution in [2.24, 2.45) is 0 Å². The zero-order chi connectivity index (χ0) is 15.4. The molecule has 2 heterocycles. The van der Waals surface area contributed by atoms with E-state index in [1.165, 1.54) is 4.88 Å². The molecule has 0 radical (unpaired) electrons. The topological polar surface area (TPSA) is 52.0 Å². The Morgan fingerprint density at radius 1 is 1.38 bits per heavy atom. The first kappa shape index (κ1) is 16.0. The van der Waals surface area contributed by atoms with Gasteiger partial charge in [-0.1, -0.05) is 6.92 Å². The Morgan fingerprint density at radius 3 is 2.67 bits per heavy atom. The molecule has 0 amide bonds. The maximum absolute atomic E-state index is 5.52. The molecule has 2 aromatic rings. The van der Waals surface area contributed by atoms with Crippen LogP contribution in [0.5, 0.6) is 5.75 Å². The summed E-state index contributed by atoms with van der Waals surface area (Å²) in [7, 11) is 1.70. The van der Waals surface area contributed by atoms with Crippen molar-refractivity contribution < 1.29 is 4.74 Å². The average Bonchev–Trinajstić information content (AvgIpc) is 3.03. The summed E-state index contributed by atoms with van der Waals surface area (Å²) in [4.78, 5) is 5.81. The van der Waals surface area contributed by atoms with E-state index in [2.05, 4.69) is 36.2 Å². The normalized spacial score (nSPS) is 12.6. The lowest BCUT2D eigenvalue weighted by Gasteiger charge is -2.20. The minimum absolute atomic E-state index is 0.0774. The predicted molar refractivity (Wildman–Crippen MR) is 86.2 cm³/mol. The molecule has 6 heteroatoms. The molecule has 0 saturated heterocycles. The molecular weight excluding hydrogens is 284 g/mol. The van der Waals surface area contributed by atoms with Crippen LogP contribution >= 0.6 is 11.3 Å². The fourth-order valence-electron chi connectivity index (χ4n) is 2.50. The van der Waals surface area contributed by atoms with Crippen LogP contribution in [0.15, 0.2) is 6.20 Å². The maximum Gasteiger partial charge on any atom is 0.161 e. The zero-order valence-electron chi connectivity index (χ0n) is 13.4. The van der Waals surface area contributed by atoms with Gasteiger partial charge >= 0.3 is 0 Å². The number of ether oxygens (including phenoxy) is 1. The second kappa shape index (κ2) is 7.04. The number of hydrogen-bond acceptors (Lipinski definition) is 5. The fraction of sp³-hybridized carbons (Fsp3) is 0.600. The van der Waals surface area contributed by atoms with Gasteiger partial charge in [0.25, 0.3) is 0 Å². The van der Waals surface area contributed by atoms with E-state index in [1.54, 1.807) is 24.6 Å². The van der Waals surface area contributed by atoms with Gasteiger partial charge in [-0.25, -0.2) is 4.98 Å². The number of nitrogens with zero attached hydrogens (tertiary/aromatic N) is 3. The molecule has 0 saturated carbocycles. The molecule has 0 aliphatic rings. The van der Waals surface area contributed by atoms with Gasteiger partial charge in [0, 0.05) is 6.54 Å². The van der Waals surface area contributed by atoms with Crippen LogP contribution in [0.25, 0.3) is 0 Å². The van der Waals surface area contributed by atoms with E-state index in [0.29, 0.717) is 0 Å². The van der Waals surface area contributed by atoms with Crippen molar-refractivity contribution in [2.45, 2.75) is 46.7 Å². The summed E-state index contributed by atoms with van der Waals surface area (Å²) in [6.07, 6.45) is 2.87. The molecule has 1 unspecified atom stereocenters. The van der Waals surface area contributed by atoms with Gasteiger partial charge in [0.2, 0.25) is 0 Å². The molecule has 1 atom stereocenters. The quantitative estimate of drug-likeness (QED) is 0.854. The Labute approximate surface area is 130 Å². The molecule has 0 bridgehead atoms. The van der Waals surface area contributed by atoms with Crippen LogP contribution in [0, 0.1) is 13.8 Å². The Morgan fingerprint density at radius 2 is 2.14 bits per heavy atom. The maximum atomic E-state index is 5.52. The second-order valence-corrected chi connectivity index (χ2v) is 6.22. The van der Waals surface area contributed by atoms with Crippen molar-refractivity contribution in [3.8, 4) is 5.75 Å². The molecule has 0 aliphatic heterocycles. The standard InChI is InChI=1S/C15H24N4OS/c1-6-8-16-13(15-10(3)18-11(4)21-15)14-12(20-5)9-17-19(14)7-2/h9,13,16H,6-8H2,1-5H3. The minimum atomic E-state index is 0.0774. The summed E-state index contributed by atoms with van der Waals surface area (Å²) in [5.41, 5.74) is 2.16. The third kappa shape index (κ3) is 3.27. The van der Waals surface area contributed by atoms with Crippen LogP contribution in [0.3, 0.4) is 0 Å². The average molecular weight is 308 g/mol. The number of methoxy groups -OCH3 is 1. The van der Waals surface area contributed by atoms with Crippen LogP contribution in [0.4, 0.5) is 0 Å². The van der Waals surface area contributed by atoms with Crippen LogP contribution in [-0.4, -0.2) is 28.4 Å². The predicted octanol–water partition coefficient (Wildman–Crippen LogP) is 3.07. The second-order valence-electron chi connectivity index (χ2n) is 4.98. The highest BCUT2D eigenvalue weighted by Gasteiger charge is 2.26. The molecular formula is C15H24N4OS. The van der Waals surface area contributed by atoms with E-state index in [0.717, 1.165) is 41.7 Å². The molecule has 0 aromatic carbocycles. The Kier molecular flexibility index (Phi) is 5.36. The third-order valence-electron chi connectivity index (χ3n) is 3.44. The van der Waals surface area contributed by atoms with Crippen molar-refractivity contribution in [1.29, 1.82) is 0 Å². The highest BCUT2D eigenvalue weighted by molar-refractivity contribution is 7.11. The number of nitrogens with one attached hydrogen (secondary N) is 1. The van der Waals surface area contributed by atoms with Crippen LogP contribution in [0.1, 0.15) is 47.6 Å². The van der Waals surface area contributed by atoms with E-state index in [4.69, 9.17) is 4.74 Å². The smallest absolute Gasteiger partial charge is 0.161 e. The highest BCUT2D eigenvalue weighted by Crippen LogP contribution is 2.34. The molecule has 2 rings (SSSR count). The molecule has 2 aromatic heterocycles. The van der Waals surface area contributed by atoms with E-state index in [1.807, 2.05) is 11.6 Å². The molecule has 0 fully saturated rings. The van der Waals surface area contributed by atoms with Gasteiger partial charge in [0.05, 0.1) is 34.9 Å². The summed E-state index contributed by atoms with van der Waals surface area (Å²) in [6, 6.07) is 0.0774. The molecule has 116 valence electrons. The Hall–Kier alpha value is -1.40. The Bertz CT molecular complexity index is 569. The number of thiazole rings is 1. The lowest BCUT2D eigenvalue weighted by atomic mass is 10.1. The first-order valence-electron chi connectivity index (χ1n) is 7.39. The summed E-state index contributed by atoms with van der Waals surface area (Å²) in [6.45, 7) is 10.1. The number of rotatable bonds is 7. The van der Waals surface area contributed by atoms with E-state index in [-0.39, 0.29) is 6.04 Å². The first-order chi connectivity index (χ1) is 10.1. The first-order valence-corrected chi connectivity index (χ1v) is 8.20. The van der Waals surface area contributed by atoms with Crippen molar-refractivity contribution in [1.82, 2.24) is 20.1 Å². The van der Waals surface area contributed by atoms with E-state index >= 15 is 0 Å². The molecule has 21 heavy (non-hydrogen) atoms. The van der Waals surface area contributed by atoms with Gasteiger partial charge in [-0.2, -0.15) is 5.10 Å². The summed E-state index contributed by atoms with van der Waals surface area (Å²) < 4.78 is 7.52. The molecule has 0 aliphatic carbocycles. The highest BCUT2D eigenvalue weighted by atomic mass is 32.1. The lowest BCUT2D eigenvalue weighted by Crippen LogP contribution is -2.26. The largest absolute Gasteiger partial charge is 0.493 e. The number of aryl methyl sites for hydroxylation is 3. The lowest BCUT2D eigenvalue weighted by molar-refractivity contribution is 0.399. The van der Waals surface area contributed by atoms with Gasteiger partial charge in [0.1, 0.15) is 5.69 Å². The van der Waals surface area contributed by atoms with Crippen molar-refractivity contribution in [3.05, 3.63) is 27.5 Å². The van der Waals surface area contributed by atoms with Crippen LogP contribution in [-0.2, 0) is 6.54 Å². The van der Waals surface area contributed by atoms with Crippen molar-refractivity contribution >= 4 is 11.3 Å². The zero-order valence-corrected chi connectivity index (χ0v) is 14.3. The Balaban J connectivity index is 2.50. The van der Waals surface area contributed by atoms with Crippen LogP contribution in [0.2, 0.25) is 0 Å². The molecule has 5 nitrogen and oxygen atoms in total.